The van der Waals surface area contributed by atoms with Gasteiger partial charge in [0.25, 0.3) is 5.91 Å². The molecule has 1 saturated heterocycles. The fourth-order valence-corrected chi connectivity index (χ4v) is 2.17. The minimum Gasteiger partial charge on any atom is -0.451 e. The van der Waals surface area contributed by atoms with E-state index in [0.717, 1.165) is 23.2 Å². The molecule has 0 unspecified atom stereocenters. The van der Waals surface area contributed by atoms with Crippen LogP contribution in [0.4, 0.5) is 5.69 Å². The largest absolute Gasteiger partial charge is 0.451 e. The molecule has 1 N–H and O–H groups in total. The van der Waals surface area contributed by atoms with Crippen molar-refractivity contribution in [2.75, 3.05) is 11.9 Å². The number of hydrogen-bond donors (Lipinski definition) is 1. The lowest BCUT2D eigenvalue weighted by atomic mass is 10.1. The van der Waals surface area contributed by atoms with Crippen LogP contribution in [0.25, 0.3) is 0 Å². The summed E-state index contributed by atoms with van der Waals surface area (Å²) in [5.41, 5.74) is 2.76. The summed E-state index contributed by atoms with van der Waals surface area (Å²) in [4.78, 5) is 23.9. The molecule has 1 heterocycles. The molecule has 1 aliphatic heterocycles. The first-order valence-electron chi connectivity index (χ1n) is 7.17. The van der Waals surface area contributed by atoms with Crippen LogP contribution in [0, 0.1) is 13.8 Å². The smallest absolute Gasteiger partial charge is 0.336 e. The number of hydrogen-bond acceptors (Lipinski definition) is 4. The number of carbonyl (C=O) groups is 2. The fourth-order valence-electron chi connectivity index (χ4n) is 2.17. The van der Waals surface area contributed by atoms with E-state index in [1.165, 1.54) is 0 Å². The molecule has 0 bridgehead atoms. The van der Waals surface area contributed by atoms with Crippen LogP contribution in [0.3, 0.4) is 0 Å². The van der Waals surface area contributed by atoms with Crippen molar-refractivity contribution >= 4 is 17.6 Å². The third kappa shape index (κ3) is 4.04. The van der Waals surface area contributed by atoms with E-state index in [-0.39, 0.29) is 5.91 Å². The van der Waals surface area contributed by atoms with E-state index in [0.29, 0.717) is 13.0 Å². The maximum atomic E-state index is 12.1. The van der Waals surface area contributed by atoms with Gasteiger partial charge >= 0.3 is 5.97 Å². The van der Waals surface area contributed by atoms with E-state index in [1.54, 1.807) is 6.92 Å². The second-order valence-electron chi connectivity index (χ2n) is 5.39. The van der Waals surface area contributed by atoms with Crippen molar-refractivity contribution < 1.29 is 19.1 Å². The Morgan fingerprint density at radius 3 is 2.81 bits per heavy atom. The van der Waals surface area contributed by atoms with Gasteiger partial charge in [-0.1, -0.05) is 12.1 Å². The summed E-state index contributed by atoms with van der Waals surface area (Å²) >= 11 is 0. The highest BCUT2D eigenvalue weighted by atomic mass is 16.6. The van der Waals surface area contributed by atoms with Crippen LogP contribution < -0.4 is 5.32 Å². The Kier molecular flexibility index (Phi) is 4.96. The normalized spacial score (nSPS) is 19.1. The zero-order valence-corrected chi connectivity index (χ0v) is 12.6. The molecule has 1 aliphatic rings. The monoisotopic (exact) mass is 291 g/mol. The van der Waals surface area contributed by atoms with E-state index < -0.39 is 18.2 Å². The Labute approximate surface area is 124 Å². The molecule has 2 atom stereocenters. The third-order valence-electron chi connectivity index (χ3n) is 3.51. The number of rotatable bonds is 4. The number of benzene rings is 1. The van der Waals surface area contributed by atoms with E-state index in [1.807, 2.05) is 32.0 Å². The Hall–Kier alpha value is -1.88. The predicted molar refractivity (Wildman–Crippen MR) is 79.1 cm³/mol. The van der Waals surface area contributed by atoms with Gasteiger partial charge in [-0.3, -0.25) is 4.79 Å². The van der Waals surface area contributed by atoms with Crippen molar-refractivity contribution in [1.29, 1.82) is 0 Å². The summed E-state index contributed by atoms with van der Waals surface area (Å²) < 4.78 is 10.4. The molecule has 0 saturated carbocycles. The van der Waals surface area contributed by atoms with E-state index in [4.69, 9.17) is 9.47 Å². The van der Waals surface area contributed by atoms with E-state index in [2.05, 4.69) is 5.32 Å². The quantitative estimate of drug-likeness (QED) is 0.865. The molecule has 1 aromatic rings. The molecule has 2 rings (SSSR count). The summed E-state index contributed by atoms with van der Waals surface area (Å²) in [7, 11) is 0. The number of nitrogens with one attached hydrogen (secondary N) is 1. The number of esters is 1. The number of anilines is 1. The van der Waals surface area contributed by atoms with E-state index in [9.17, 15) is 9.59 Å². The van der Waals surface area contributed by atoms with Gasteiger partial charge in [0.1, 0.15) is 0 Å². The first-order chi connectivity index (χ1) is 9.97. The molecule has 1 amide bonds. The molecule has 1 aromatic carbocycles. The highest BCUT2D eigenvalue weighted by molar-refractivity contribution is 5.96. The number of ether oxygens (including phenoxy) is 2. The molecule has 5 nitrogen and oxygen atoms in total. The van der Waals surface area contributed by atoms with Crippen molar-refractivity contribution in [3.8, 4) is 0 Å². The molecule has 114 valence electrons. The standard InChI is InChI=1S/C16H21NO4/c1-10-6-7-11(2)13(9-10)17-15(18)12(3)21-16(19)14-5-4-8-20-14/h6-7,9,12,14H,4-5,8H2,1-3H3,(H,17,18)/t12-,14-/m1/s1. The average molecular weight is 291 g/mol. The number of aryl methyl sites for hydroxylation is 2. The Balaban J connectivity index is 1.93. The molecule has 0 aromatic heterocycles. The van der Waals surface area contributed by atoms with Gasteiger partial charge in [0.2, 0.25) is 0 Å². The van der Waals surface area contributed by atoms with Crippen LogP contribution in [0.2, 0.25) is 0 Å². The third-order valence-corrected chi connectivity index (χ3v) is 3.51. The molecule has 0 spiro atoms. The summed E-state index contributed by atoms with van der Waals surface area (Å²) in [5.74, 6) is -0.800. The van der Waals surface area contributed by atoms with Crippen LogP contribution in [0.5, 0.6) is 0 Å². The van der Waals surface area contributed by atoms with Crippen molar-refractivity contribution in [3.63, 3.8) is 0 Å². The van der Waals surface area contributed by atoms with Gasteiger partial charge in [-0.05, 0) is 50.8 Å². The Bertz CT molecular complexity index is 535. The lowest BCUT2D eigenvalue weighted by molar-refractivity contribution is -0.162. The SMILES string of the molecule is Cc1ccc(C)c(NC(=O)[C@@H](C)OC(=O)[C@H]2CCCO2)c1. The molecule has 0 radical (unpaired) electrons. The maximum absolute atomic E-state index is 12.1. The topological polar surface area (TPSA) is 64.6 Å². The molecular formula is C16H21NO4. The minimum atomic E-state index is -0.846. The molecular weight excluding hydrogens is 270 g/mol. The molecule has 5 heteroatoms. The maximum Gasteiger partial charge on any atom is 0.336 e. The first kappa shape index (κ1) is 15.5. The van der Waals surface area contributed by atoms with Crippen LogP contribution in [0.15, 0.2) is 18.2 Å². The van der Waals surface area contributed by atoms with Gasteiger partial charge in [-0.2, -0.15) is 0 Å². The molecule has 1 fully saturated rings. The van der Waals surface area contributed by atoms with Gasteiger partial charge in [0.15, 0.2) is 12.2 Å². The zero-order chi connectivity index (χ0) is 15.4. The number of carbonyl (C=O) groups excluding carboxylic acids is 2. The van der Waals surface area contributed by atoms with Crippen molar-refractivity contribution in [2.24, 2.45) is 0 Å². The van der Waals surface area contributed by atoms with Crippen molar-refractivity contribution in [2.45, 2.75) is 45.8 Å². The summed E-state index contributed by atoms with van der Waals surface area (Å²) in [6, 6.07) is 5.81. The van der Waals surface area contributed by atoms with E-state index >= 15 is 0 Å². The summed E-state index contributed by atoms with van der Waals surface area (Å²) in [6.07, 6.45) is 0.134. The minimum absolute atomic E-state index is 0.338. The highest BCUT2D eigenvalue weighted by Crippen LogP contribution is 2.18. The highest BCUT2D eigenvalue weighted by Gasteiger charge is 2.28. The van der Waals surface area contributed by atoms with Gasteiger partial charge in [-0.25, -0.2) is 4.79 Å². The Morgan fingerprint density at radius 1 is 1.38 bits per heavy atom. The second-order valence-corrected chi connectivity index (χ2v) is 5.39. The second kappa shape index (κ2) is 6.72. The lowest BCUT2D eigenvalue weighted by Gasteiger charge is -2.17. The zero-order valence-electron chi connectivity index (χ0n) is 12.6. The van der Waals surface area contributed by atoms with Gasteiger partial charge < -0.3 is 14.8 Å². The van der Waals surface area contributed by atoms with Crippen LogP contribution in [-0.2, 0) is 19.1 Å². The van der Waals surface area contributed by atoms with Crippen LogP contribution in [0.1, 0.15) is 30.9 Å². The molecule has 0 aliphatic carbocycles. The van der Waals surface area contributed by atoms with Gasteiger partial charge in [0, 0.05) is 12.3 Å². The average Bonchev–Trinajstić information content (AvgIpc) is 2.97. The number of amides is 1. The first-order valence-corrected chi connectivity index (χ1v) is 7.17. The van der Waals surface area contributed by atoms with Gasteiger partial charge in [-0.15, -0.1) is 0 Å². The predicted octanol–water partition coefficient (Wildman–Crippen LogP) is 2.35. The van der Waals surface area contributed by atoms with Crippen LogP contribution in [-0.4, -0.2) is 30.7 Å². The Morgan fingerprint density at radius 2 is 2.14 bits per heavy atom. The van der Waals surface area contributed by atoms with Crippen molar-refractivity contribution in [3.05, 3.63) is 29.3 Å². The van der Waals surface area contributed by atoms with Crippen LogP contribution >= 0.6 is 0 Å². The summed E-state index contributed by atoms with van der Waals surface area (Å²) in [5, 5.41) is 2.79. The van der Waals surface area contributed by atoms with Gasteiger partial charge in [0.05, 0.1) is 0 Å². The summed E-state index contributed by atoms with van der Waals surface area (Å²) in [6.45, 7) is 6.00. The molecule has 21 heavy (non-hydrogen) atoms. The fraction of sp³-hybridized carbons (Fsp3) is 0.500. The lowest BCUT2D eigenvalue weighted by Crippen LogP contribution is -2.34. The van der Waals surface area contributed by atoms with Crippen molar-refractivity contribution in [1.82, 2.24) is 0 Å².